The second-order valence-electron chi connectivity index (χ2n) is 6.08. The third-order valence-corrected chi connectivity index (χ3v) is 4.28. The summed E-state index contributed by atoms with van der Waals surface area (Å²) in [4.78, 5) is 14.7. The maximum atomic E-state index is 13.7. The first-order valence-corrected chi connectivity index (χ1v) is 8.82. The van der Waals surface area contributed by atoms with Gasteiger partial charge in [-0.25, -0.2) is 4.39 Å². The van der Waals surface area contributed by atoms with Gasteiger partial charge in [0.25, 0.3) is 5.91 Å². The Hall–Kier alpha value is -2.60. The number of carbonyl (C=O) groups is 1. The average molecular weight is 358 g/mol. The zero-order chi connectivity index (χ0) is 18.4. The summed E-state index contributed by atoms with van der Waals surface area (Å²) in [5.74, 6) is -0.694. The summed E-state index contributed by atoms with van der Waals surface area (Å²) in [7, 11) is 0. The zero-order valence-corrected chi connectivity index (χ0v) is 14.8. The Morgan fingerprint density at radius 2 is 1.88 bits per heavy atom. The summed E-state index contributed by atoms with van der Waals surface area (Å²) in [6, 6.07) is 13.7. The van der Waals surface area contributed by atoms with Crippen LogP contribution >= 0.6 is 0 Å². The highest BCUT2D eigenvalue weighted by Gasteiger charge is 2.20. The number of anilines is 2. The van der Waals surface area contributed by atoms with Crippen LogP contribution in [0.15, 0.2) is 48.5 Å². The van der Waals surface area contributed by atoms with Gasteiger partial charge in [-0.3, -0.25) is 4.79 Å². The Balaban J connectivity index is 1.61. The lowest BCUT2D eigenvalue weighted by Gasteiger charge is -2.29. The fourth-order valence-corrected chi connectivity index (χ4v) is 2.82. The topological polar surface area (TPSA) is 50.8 Å². The molecule has 26 heavy (non-hydrogen) atoms. The molecular formula is C20H23FN2O3. The van der Waals surface area contributed by atoms with Crippen LogP contribution in [-0.4, -0.2) is 38.3 Å². The van der Waals surface area contributed by atoms with Gasteiger partial charge in [0, 0.05) is 24.5 Å². The molecule has 0 unspecified atom stereocenters. The molecule has 1 aliphatic heterocycles. The molecule has 5 nitrogen and oxygen atoms in total. The molecule has 2 aromatic carbocycles. The number of carbonyl (C=O) groups excluding carboxylic acids is 1. The minimum Gasteiger partial charge on any atom is -0.478 e. The van der Waals surface area contributed by atoms with Crippen molar-refractivity contribution in [1.29, 1.82) is 0 Å². The van der Waals surface area contributed by atoms with E-state index in [1.54, 1.807) is 12.1 Å². The van der Waals surface area contributed by atoms with Crippen LogP contribution in [0.25, 0.3) is 0 Å². The molecule has 6 heteroatoms. The molecule has 1 aliphatic rings. The second kappa shape index (κ2) is 8.67. The molecule has 138 valence electrons. The highest BCUT2D eigenvalue weighted by atomic mass is 19.1. The van der Waals surface area contributed by atoms with Crippen molar-refractivity contribution in [1.82, 2.24) is 0 Å². The van der Waals surface area contributed by atoms with Gasteiger partial charge in [0.1, 0.15) is 0 Å². The average Bonchev–Trinajstić information content (AvgIpc) is 2.68. The lowest BCUT2D eigenvalue weighted by atomic mass is 10.2. The van der Waals surface area contributed by atoms with Crippen molar-refractivity contribution in [2.75, 3.05) is 36.5 Å². The first-order chi connectivity index (χ1) is 12.7. The molecule has 3 rings (SSSR count). The monoisotopic (exact) mass is 358 g/mol. The largest absolute Gasteiger partial charge is 0.478 e. The van der Waals surface area contributed by atoms with E-state index in [1.165, 1.54) is 12.1 Å². The highest BCUT2D eigenvalue weighted by molar-refractivity contribution is 5.94. The van der Waals surface area contributed by atoms with E-state index in [-0.39, 0.29) is 11.7 Å². The van der Waals surface area contributed by atoms with Crippen LogP contribution in [0.3, 0.4) is 0 Å². The van der Waals surface area contributed by atoms with Gasteiger partial charge in [-0.05, 0) is 42.8 Å². The number of nitrogens with zero attached hydrogens (tertiary/aromatic N) is 1. The van der Waals surface area contributed by atoms with Gasteiger partial charge >= 0.3 is 0 Å². The number of hydrogen-bond donors (Lipinski definition) is 1. The molecular weight excluding hydrogens is 335 g/mol. The van der Waals surface area contributed by atoms with Crippen molar-refractivity contribution in [2.45, 2.75) is 19.4 Å². The van der Waals surface area contributed by atoms with Crippen molar-refractivity contribution in [3.05, 3.63) is 54.3 Å². The van der Waals surface area contributed by atoms with Gasteiger partial charge in [0.2, 0.25) is 0 Å². The van der Waals surface area contributed by atoms with E-state index in [4.69, 9.17) is 9.47 Å². The Morgan fingerprint density at radius 1 is 1.19 bits per heavy atom. The van der Waals surface area contributed by atoms with Crippen molar-refractivity contribution in [3.8, 4) is 5.75 Å². The predicted molar refractivity (Wildman–Crippen MR) is 99.2 cm³/mol. The first kappa shape index (κ1) is 18.2. The number of para-hydroxylation sites is 1. The van der Waals surface area contributed by atoms with E-state index in [2.05, 4.69) is 10.2 Å². The normalized spacial score (nSPS) is 15.4. The standard InChI is InChI=1S/C20H23FN2O3/c1-2-18(26-19-6-4-3-5-17(19)21)20(24)22-15-7-9-16(10-8-15)23-11-13-25-14-12-23/h3-10,18H,2,11-14H2,1H3,(H,22,24)/t18-/m1/s1. The fourth-order valence-electron chi connectivity index (χ4n) is 2.82. The van der Waals surface area contributed by atoms with Crippen LogP contribution in [0.4, 0.5) is 15.8 Å². The van der Waals surface area contributed by atoms with Crippen LogP contribution in [0, 0.1) is 5.82 Å². The van der Waals surface area contributed by atoms with E-state index in [9.17, 15) is 9.18 Å². The second-order valence-corrected chi connectivity index (χ2v) is 6.08. The van der Waals surface area contributed by atoms with Gasteiger partial charge in [0.05, 0.1) is 13.2 Å². The Bertz CT molecular complexity index is 730. The number of benzene rings is 2. The first-order valence-electron chi connectivity index (χ1n) is 8.82. The quantitative estimate of drug-likeness (QED) is 0.859. The number of amides is 1. The van der Waals surface area contributed by atoms with Gasteiger partial charge in [-0.1, -0.05) is 19.1 Å². The molecule has 0 bridgehead atoms. The fraction of sp³-hybridized carbons (Fsp3) is 0.350. The SMILES string of the molecule is CC[C@@H](Oc1ccccc1F)C(=O)Nc1ccc(N2CCOCC2)cc1. The van der Waals surface area contributed by atoms with E-state index in [0.717, 1.165) is 32.0 Å². The summed E-state index contributed by atoms with van der Waals surface area (Å²) >= 11 is 0. The molecule has 0 aromatic heterocycles. The molecule has 1 amide bonds. The minimum absolute atomic E-state index is 0.0807. The van der Waals surface area contributed by atoms with Crippen molar-refractivity contribution in [3.63, 3.8) is 0 Å². The van der Waals surface area contributed by atoms with E-state index < -0.39 is 11.9 Å². The number of nitrogens with one attached hydrogen (secondary N) is 1. The number of ether oxygens (including phenoxy) is 2. The van der Waals surface area contributed by atoms with E-state index in [1.807, 2.05) is 31.2 Å². The predicted octanol–water partition coefficient (Wildman–Crippen LogP) is 3.46. The number of hydrogen-bond acceptors (Lipinski definition) is 4. The summed E-state index contributed by atoms with van der Waals surface area (Å²) < 4.78 is 24.6. The molecule has 0 aliphatic carbocycles. The number of rotatable bonds is 6. The van der Waals surface area contributed by atoms with Crippen LogP contribution in [0.1, 0.15) is 13.3 Å². The highest BCUT2D eigenvalue weighted by Crippen LogP contribution is 2.21. The number of morpholine rings is 1. The van der Waals surface area contributed by atoms with Crippen LogP contribution in [-0.2, 0) is 9.53 Å². The van der Waals surface area contributed by atoms with Crippen LogP contribution in [0.5, 0.6) is 5.75 Å². The maximum Gasteiger partial charge on any atom is 0.265 e. The van der Waals surface area contributed by atoms with Crippen molar-refractivity contribution in [2.24, 2.45) is 0 Å². The molecule has 1 N–H and O–H groups in total. The molecule has 0 radical (unpaired) electrons. The third kappa shape index (κ3) is 4.52. The lowest BCUT2D eigenvalue weighted by molar-refractivity contribution is -0.122. The third-order valence-electron chi connectivity index (χ3n) is 4.28. The van der Waals surface area contributed by atoms with E-state index in [0.29, 0.717) is 12.1 Å². The zero-order valence-electron chi connectivity index (χ0n) is 14.8. The maximum absolute atomic E-state index is 13.7. The van der Waals surface area contributed by atoms with Gasteiger partial charge in [0.15, 0.2) is 17.7 Å². The van der Waals surface area contributed by atoms with Crippen molar-refractivity contribution >= 4 is 17.3 Å². The van der Waals surface area contributed by atoms with Crippen molar-refractivity contribution < 1.29 is 18.7 Å². The molecule has 0 saturated carbocycles. The molecule has 0 spiro atoms. The number of halogens is 1. The Labute approximate surface area is 152 Å². The minimum atomic E-state index is -0.759. The van der Waals surface area contributed by atoms with Gasteiger partial charge in [-0.15, -0.1) is 0 Å². The lowest BCUT2D eigenvalue weighted by Crippen LogP contribution is -2.36. The van der Waals surface area contributed by atoms with Crippen LogP contribution < -0.4 is 15.0 Å². The molecule has 1 atom stereocenters. The summed E-state index contributed by atoms with van der Waals surface area (Å²) in [6.45, 7) is 5.00. The van der Waals surface area contributed by atoms with Gasteiger partial charge in [-0.2, -0.15) is 0 Å². The van der Waals surface area contributed by atoms with E-state index >= 15 is 0 Å². The molecule has 1 heterocycles. The van der Waals surface area contributed by atoms with Crippen LogP contribution in [0.2, 0.25) is 0 Å². The Kier molecular flexibility index (Phi) is 6.07. The summed E-state index contributed by atoms with van der Waals surface area (Å²) in [5.41, 5.74) is 1.78. The van der Waals surface area contributed by atoms with Gasteiger partial charge < -0.3 is 19.7 Å². The Morgan fingerprint density at radius 3 is 2.54 bits per heavy atom. The molecule has 1 fully saturated rings. The summed E-state index contributed by atoms with van der Waals surface area (Å²) in [5, 5.41) is 2.83. The smallest absolute Gasteiger partial charge is 0.265 e. The summed E-state index contributed by atoms with van der Waals surface area (Å²) in [6.07, 6.45) is -0.322. The molecule has 2 aromatic rings. The molecule has 1 saturated heterocycles.